The Morgan fingerprint density at radius 2 is 1.94 bits per heavy atom. The first-order chi connectivity index (χ1) is 8.61. The molecule has 2 aromatic rings. The van der Waals surface area contributed by atoms with E-state index in [0.717, 1.165) is 10.9 Å². The molecule has 0 amide bonds. The summed E-state index contributed by atoms with van der Waals surface area (Å²) >= 11 is 0. The van der Waals surface area contributed by atoms with Crippen LogP contribution in [0.4, 0.5) is 5.82 Å². The Hall–Kier alpha value is -2.08. The summed E-state index contributed by atoms with van der Waals surface area (Å²) in [5.74, 6) is 1.17. The van der Waals surface area contributed by atoms with Gasteiger partial charge in [-0.15, -0.1) is 0 Å². The number of anilines is 1. The molecule has 0 radical (unpaired) electrons. The van der Waals surface area contributed by atoms with Gasteiger partial charge >= 0.3 is 0 Å². The van der Waals surface area contributed by atoms with Crippen LogP contribution >= 0.6 is 0 Å². The van der Waals surface area contributed by atoms with Gasteiger partial charge in [0.2, 0.25) is 0 Å². The van der Waals surface area contributed by atoms with Crippen LogP contribution in [0.1, 0.15) is 26.3 Å². The maximum atomic E-state index is 9.20. The Bertz CT molecular complexity index is 596. The number of hydrogen-bond donors (Lipinski definition) is 1. The van der Waals surface area contributed by atoms with Crippen LogP contribution in [0.3, 0.4) is 0 Å². The second-order valence-corrected chi connectivity index (χ2v) is 4.87. The molecule has 1 aromatic heterocycles. The Kier molecular flexibility index (Phi) is 3.47. The van der Waals surface area contributed by atoms with Gasteiger partial charge in [-0.1, -0.05) is 32.0 Å². The van der Waals surface area contributed by atoms with Crippen LogP contribution in [-0.4, -0.2) is 11.0 Å². The van der Waals surface area contributed by atoms with E-state index in [1.165, 1.54) is 0 Å². The summed E-state index contributed by atoms with van der Waals surface area (Å²) in [4.78, 5) is 4.53. The van der Waals surface area contributed by atoms with Crippen LogP contribution in [0.5, 0.6) is 0 Å². The molecule has 2 rings (SSSR count). The zero-order chi connectivity index (χ0) is 13.1. The first kappa shape index (κ1) is 12.4. The Morgan fingerprint density at radius 3 is 2.61 bits per heavy atom. The van der Waals surface area contributed by atoms with E-state index in [4.69, 9.17) is 0 Å². The zero-order valence-corrected chi connectivity index (χ0v) is 10.9. The summed E-state index contributed by atoms with van der Waals surface area (Å²) in [6, 6.07) is 12.2. The fourth-order valence-electron chi connectivity index (χ4n) is 1.69. The lowest BCUT2D eigenvalue weighted by molar-refractivity contribution is 0.558. The third kappa shape index (κ3) is 2.43. The van der Waals surface area contributed by atoms with E-state index >= 15 is 0 Å². The fraction of sp³-hybridized carbons (Fsp3) is 0.333. The summed E-state index contributed by atoms with van der Waals surface area (Å²) in [5.41, 5.74) is 1.51. The summed E-state index contributed by atoms with van der Waals surface area (Å²) < 4.78 is 0. The molecule has 0 aliphatic rings. The highest BCUT2D eigenvalue weighted by molar-refractivity contribution is 5.82. The topological polar surface area (TPSA) is 48.7 Å². The molecule has 0 saturated carbocycles. The first-order valence-corrected chi connectivity index (χ1v) is 6.18. The Balaban J connectivity index is 2.46. The molecule has 1 N–H and O–H groups in total. The molecule has 0 bridgehead atoms. The van der Waals surface area contributed by atoms with Crippen molar-refractivity contribution >= 4 is 16.7 Å². The van der Waals surface area contributed by atoms with Crippen molar-refractivity contribution in [3.63, 3.8) is 0 Å². The summed E-state index contributed by atoms with van der Waals surface area (Å²) in [6.45, 7) is 6.39. The third-order valence-electron chi connectivity index (χ3n) is 3.21. The number of nitriles is 1. The maximum absolute atomic E-state index is 9.20. The van der Waals surface area contributed by atoms with E-state index in [2.05, 4.69) is 37.1 Å². The van der Waals surface area contributed by atoms with E-state index in [9.17, 15) is 5.26 Å². The molecule has 1 aromatic carbocycles. The summed E-state index contributed by atoms with van der Waals surface area (Å²) in [5, 5.41) is 13.5. The molecular formula is C15H17N3. The number of pyridine rings is 1. The lowest BCUT2D eigenvalue weighted by atomic mass is 10.1. The average molecular weight is 239 g/mol. The Labute approximate surface area is 107 Å². The molecule has 0 aliphatic heterocycles. The quantitative estimate of drug-likeness (QED) is 0.890. The van der Waals surface area contributed by atoms with Crippen LogP contribution in [0.25, 0.3) is 10.9 Å². The van der Waals surface area contributed by atoms with Gasteiger partial charge in [-0.2, -0.15) is 5.26 Å². The molecule has 0 aliphatic carbocycles. The Morgan fingerprint density at radius 1 is 1.22 bits per heavy atom. The van der Waals surface area contributed by atoms with Gasteiger partial charge in [-0.05, 0) is 25.0 Å². The molecule has 1 unspecified atom stereocenters. The third-order valence-corrected chi connectivity index (χ3v) is 3.21. The first-order valence-electron chi connectivity index (χ1n) is 6.18. The highest BCUT2D eigenvalue weighted by Gasteiger charge is 2.11. The SMILES string of the molecule is CC(C)C(C)Nc1nc2ccccc2cc1C#N. The van der Waals surface area contributed by atoms with Crippen molar-refractivity contribution < 1.29 is 0 Å². The predicted octanol–water partition coefficient (Wildman–Crippen LogP) is 3.56. The van der Waals surface area contributed by atoms with Gasteiger partial charge in [0.25, 0.3) is 0 Å². The number of para-hydroxylation sites is 1. The molecule has 0 spiro atoms. The molecule has 1 heterocycles. The highest BCUT2D eigenvalue weighted by Crippen LogP contribution is 2.21. The monoisotopic (exact) mass is 239 g/mol. The number of nitrogens with one attached hydrogen (secondary N) is 1. The van der Waals surface area contributed by atoms with Crippen LogP contribution in [0.15, 0.2) is 30.3 Å². The van der Waals surface area contributed by atoms with Crippen LogP contribution in [0.2, 0.25) is 0 Å². The van der Waals surface area contributed by atoms with Crippen molar-refractivity contribution in [1.29, 1.82) is 5.26 Å². The minimum atomic E-state index is 0.283. The second-order valence-electron chi connectivity index (χ2n) is 4.87. The molecule has 1 atom stereocenters. The van der Waals surface area contributed by atoms with Crippen LogP contribution < -0.4 is 5.32 Å². The number of hydrogen-bond acceptors (Lipinski definition) is 3. The van der Waals surface area contributed by atoms with Crippen molar-refractivity contribution in [2.45, 2.75) is 26.8 Å². The van der Waals surface area contributed by atoms with Gasteiger partial charge in [0.05, 0.1) is 11.1 Å². The number of benzene rings is 1. The lowest BCUT2D eigenvalue weighted by Gasteiger charge is -2.19. The number of aromatic nitrogens is 1. The van der Waals surface area contributed by atoms with Gasteiger partial charge < -0.3 is 5.32 Å². The summed E-state index contributed by atoms with van der Waals surface area (Å²) in [6.07, 6.45) is 0. The average Bonchev–Trinajstić information content (AvgIpc) is 2.37. The highest BCUT2D eigenvalue weighted by atomic mass is 15.0. The molecular weight excluding hydrogens is 222 g/mol. The van der Waals surface area contributed by atoms with Crippen molar-refractivity contribution in [3.8, 4) is 6.07 Å². The van der Waals surface area contributed by atoms with Crippen LogP contribution in [-0.2, 0) is 0 Å². The second kappa shape index (κ2) is 5.05. The lowest BCUT2D eigenvalue weighted by Crippen LogP contribution is -2.22. The van der Waals surface area contributed by atoms with Gasteiger partial charge in [-0.3, -0.25) is 0 Å². The predicted molar refractivity (Wildman–Crippen MR) is 74.4 cm³/mol. The van der Waals surface area contributed by atoms with E-state index < -0.39 is 0 Å². The molecule has 92 valence electrons. The smallest absolute Gasteiger partial charge is 0.144 e. The van der Waals surface area contributed by atoms with Crippen molar-refractivity contribution in [3.05, 3.63) is 35.9 Å². The zero-order valence-electron chi connectivity index (χ0n) is 10.9. The van der Waals surface area contributed by atoms with Gasteiger partial charge in [-0.25, -0.2) is 4.98 Å². The van der Waals surface area contributed by atoms with E-state index in [1.807, 2.05) is 30.3 Å². The van der Waals surface area contributed by atoms with E-state index in [-0.39, 0.29) is 6.04 Å². The van der Waals surface area contributed by atoms with Gasteiger partial charge in [0.1, 0.15) is 11.9 Å². The number of rotatable bonds is 3. The summed E-state index contributed by atoms with van der Waals surface area (Å²) in [7, 11) is 0. The fourth-order valence-corrected chi connectivity index (χ4v) is 1.69. The van der Waals surface area contributed by atoms with E-state index in [0.29, 0.717) is 17.3 Å². The number of nitrogens with zero attached hydrogens (tertiary/aromatic N) is 2. The minimum absolute atomic E-state index is 0.283. The van der Waals surface area contributed by atoms with Crippen molar-refractivity contribution in [2.24, 2.45) is 5.92 Å². The minimum Gasteiger partial charge on any atom is -0.366 e. The maximum Gasteiger partial charge on any atom is 0.144 e. The van der Waals surface area contributed by atoms with Crippen molar-refractivity contribution in [1.82, 2.24) is 4.98 Å². The van der Waals surface area contributed by atoms with E-state index in [1.54, 1.807) is 0 Å². The molecule has 3 heteroatoms. The standard InChI is InChI=1S/C15H17N3/c1-10(2)11(3)17-15-13(9-16)8-12-6-4-5-7-14(12)18-15/h4-8,10-11H,1-3H3,(H,17,18). The van der Waals surface area contributed by atoms with Gasteiger partial charge in [0.15, 0.2) is 0 Å². The molecule has 0 fully saturated rings. The normalized spacial score (nSPS) is 12.4. The molecule has 18 heavy (non-hydrogen) atoms. The molecule has 3 nitrogen and oxygen atoms in total. The number of fused-ring (bicyclic) bond motifs is 1. The molecule has 0 saturated heterocycles. The van der Waals surface area contributed by atoms with Gasteiger partial charge in [0, 0.05) is 11.4 Å². The largest absolute Gasteiger partial charge is 0.366 e. The van der Waals surface area contributed by atoms with Crippen LogP contribution in [0, 0.1) is 17.2 Å². The van der Waals surface area contributed by atoms with Crippen molar-refractivity contribution in [2.75, 3.05) is 5.32 Å².